The molecular weight excluding hydrogens is 134 g/mol. The van der Waals surface area contributed by atoms with Gasteiger partial charge in [0.25, 0.3) is 0 Å². The molecule has 0 saturated heterocycles. The minimum atomic E-state index is 0.270. The molecule has 1 rings (SSSR count). The molecule has 0 aromatic carbocycles. The van der Waals surface area contributed by atoms with Gasteiger partial charge < -0.3 is 5.73 Å². The van der Waals surface area contributed by atoms with Crippen molar-refractivity contribution >= 4 is 0 Å². The Bertz CT molecular complexity index is 122. The zero-order valence-electron chi connectivity index (χ0n) is 7.90. The van der Waals surface area contributed by atoms with Gasteiger partial charge in [0.15, 0.2) is 0 Å². The summed E-state index contributed by atoms with van der Waals surface area (Å²) in [4.78, 5) is 0. The number of hydrogen-bond donors (Lipinski definition) is 1. The van der Waals surface area contributed by atoms with E-state index in [0.29, 0.717) is 0 Å². The molecule has 2 N–H and O–H groups in total. The first-order chi connectivity index (χ1) is 5.23. The van der Waals surface area contributed by atoms with E-state index in [9.17, 15) is 0 Å². The highest BCUT2D eigenvalue weighted by atomic mass is 14.9. The molecule has 0 aromatic rings. The maximum absolute atomic E-state index is 6.16. The number of hydrogen-bond acceptors (Lipinski definition) is 1. The summed E-state index contributed by atoms with van der Waals surface area (Å²) in [5.74, 6) is 0.860. The van der Waals surface area contributed by atoms with Gasteiger partial charge in [0.1, 0.15) is 0 Å². The highest BCUT2D eigenvalue weighted by Gasteiger charge is 2.48. The van der Waals surface area contributed by atoms with E-state index in [1.165, 1.54) is 38.5 Å². The van der Waals surface area contributed by atoms with Crippen LogP contribution in [0.3, 0.4) is 0 Å². The lowest BCUT2D eigenvalue weighted by Gasteiger charge is -2.09. The Morgan fingerprint density at radius 3 is 2.64 bits per heavy atom. The lowest BCUT2D eigenvalue weighted by Crippen LogP contribution is -2.24. The lowest BCUT2D eigenvalue weighted by molar-refractivity contribution is 0.502. The zero-order chi connectivity index (χ0) is 8.32. The molecule has 0 bridgehead atoms. The Morgan fingerprint density at radius 1 is 1.36 bits per heavy atom. The second-order valence-electron chi connectivity index (χ2n) is 4.03. The molecule has 1 heteroatoms. The molecule has 0 spiro atoms. The fourth-order valence-electron chi connectivity index (χ4n) is 1.95. The summed E-state index contributed by atoms with van der Waals surface area (Å²) in [5.41, 5.74) is 6.43. The van der Waals surface area contributed by atoms with Gasteiger partial charge in [0.05, 0.1) is 0 Å². The van der Waals surface area contributed by atoms with Crippen LogP contribution in [-0.4, -0.2) is 5.54 Å². The maximum atomic E-state index is 6.16. The zero-order valence-corrected chi connectivity index (χ0v) is 7.90. The molecule has 2 atom stereocenters. The SMILES string of the molecule is CCCCC1(N)CC1CCC. The third-order valence-electron chi connectivity index (χ3n) is 2.91. The molecule has 0 heterocycles. The molecule has 0 aliphatic heterocycles. The Hall–Kier alpha value is -0.0400. The number of unbranched alkanes of at least 4 members (excludes halogenated alkanes) is 1. The molecule has 1 saturated carbocycles. The van der Waals surface area contributed by atoms with Gasteiger partial charge in [-0.15, -0.1) is 0 Å². The molecule has 66 valence electrons. The number of nitrogens with two attached hydrogens (primary N) is 1. The van der Waals surface area contributed by atoms with Crippen LogP contribution in [0.5, 0.6) is 0 Å². The predicted molar refractivity (Wildman–Crippen MR) is 49.5 cm³/mol. The summed E-state index contributed by atoms with van der Waals surface area (Å²) < 4.78 is 0. The van der Waals surface area contributed by atoms with E-state index in [0.717, 1.165) is 5.92 Å². The summed E-state index contributed by atoms with van der Waals surface area (Å²) in [5, 5.41) is 0. The van der Waals surface area contributed by atoms with Crippen molar-refractivity contribution in [3.05, 3.63) is 0 Å². The van der Waals surface area contributed by atoms with Crippen molar-refractivity contribution in [2.24, 2.45) is 11.7 Å². The van der Waals surface area contributed by atoms with E-state index in [-0.39, 0.29) is 5.54 Å². The van der Waals surface area contributed by atoms with E-state index in [1.54, 1.807) is 0 Å². The monoisotopic (exact) mass is 155 g/mol. The van der Waals surface area contributed by atoms with E-state index < -0.39 is 0 Å². The summed E-state index contributed by atoms with van der Waals surface area (Å²) in [7, 11) is 0. The van der Waals surface area contributed by atoms with Crippen LogP contribution >= 0.6 is 0 Å². The minimum absolute atomic E-state index is 0.270. The molecule has 11 heavy (non-hydrogen) atoms. The van der Waals surface area contributed by atoms with Crippen LogP contribution in [-0.2, 0) is 0 Å². The van der Waals surface area contributed by atoms with Crippen molar-refractivity contribution in [1.29, 1.82) is 0 Å². The minimum Gasteiger partial charge on any atom is -0.325 e. The Morgan fingerprint density at radius 2 is 2.09 bits per heavy atom. The van der Waals surface area contributed by atoms with Crippen LogP contribution in [0.4, 0.5) is 0 Å². The second-order valence-corrected chi connectivity index (χ2v) is 4.03. The van der Waals surface area contributed by atoms with Crippen molar-refractivity contribution in [3.8, 4) is 0 Å². The second kappa shape index (κ2) is 3.57. The Labute approximate surface area is 70.4 Å². The van der Waals surface area contributed by atoms with Crippen LogP contribution in [0.2, 0.25) is 0 Å². The number of rotatable bonds is 5. The summed E-state index contributed by atoms with van der Waals surface area (Å²) in [6, 6.07) is 0. The van der Waals surface area contributed by atoms with Crippen LogP contribution in [0.1, 0.15) is 52.4 Å². The van der Waals surface area contributed by atoms with Gasteiger partial charge in [-0.3, -0.25) is 0 Å². The maximum Gasteiger partial charge on any atom is 0.0186 e. The van der Waals surface area contributed by atoms with Gasteiger partial charge >= 0.3 is 0 Å². The summed E-state index contributed by atoms with van der Waals surface area (Å²) in [6.07, 6.45) is 7.81. The first-order valence-electron chi connectivity index (χ1n) is 5.02. The highest BCUT2D eigenvalue weighted by Crippen LogP contribution is 2.47. The van der Waals surface area contributed by atoms with Gasteiger partial charge in [0.2, 0.25) is 0 Å². The van der Waals surface area contributed by atoms with Crippen molar-refractivity contribution < 1.29 is 0 Å². The molecule has 0 radical (unpaired) electrons. The molecule has 0 amide bonds. The smallest absolute Gasteiger partial charge is 0.0186 e. The predicted octanol–water partition coefficient (Wildman–Crippen LogP) is 2.69. The van der Waals surface area contributed by atoms with Crippen molar-refractivity contribution in [2.45, 2.75) is 57.9 Å². The summed E-state index contributed by atoms with van der Waals surface area (Å²) >= 11 is 0. The molecule has 2 unspecified atom stereocenters. The molecule has 1 nitrogen and oxygen atoms in total. The van der Waals surface area contributed by atoms with Crippen LogP contribution in [0, 0.1) is 5.92 Å². The summed E-state index contributed by atoms with van der Waals surface area (Å²) in [6.45, 7) is 4.49. The van der Waals surface area contributed by atoms with E-state index in [2.05, 4.69) is 13.8 Å². The van der Waals surface area contributed by atoms with Crippen LogP contribution < -0.4 is 5.73 Å². The van der Waals surface area contributed by atoms with Crippen molar-refractivity contribution in [2.75, 3.05) is 0 Å². The third-order valence-corrected chi connectivity index (χ3v) is 2.91. The van der Waals surface area contributed by atoms with Crippen LogP contribution in [0.25, 0.3) is 0 Å². The first-order valence-corrected chi connectivity index (χ1v) is 5.02. The largest absolute Gasteiger partial charge is 0.325 e. The first kappa shape index (κ1) is 9.05. The fraction of sp³-hybridized carbons (Fsp3) is 1.00. The van der Waals surface area contributed by atoms with Crippen molar-refractivity contribution in [3.63, 3.8) is 0 Å². The average Bonchev–Trinajstić information content (AvgIpc) is 2.60. The molecule has 1 aliphatic carbocycles. The van der Waals surface area contributed by atoms with Gasteiger partial charge in [-0.25, -0.2) is 0 Å². The van der Waals surface area contributed by atoms with Gasteiger partial charge in [-0.2, -0.15) is 0 Å². The standard InChI is InChI=1S/C10H21N/c1-3-5-7-10(11)8-9(10)6-4-2/h9H,3-8,11H2,1-2H3. The quantitative estimate of drug-likeness (QED) is 0.649. The third kappa shape index (κ3) is 2.19. The molecule has 0 aromatic heterocycles. The molecule has 1 aliphatic rings. The molecular formula is C10H21N. The van der Waals surface area contributed by atoms with Gasteiger partial charge in [-0.05, 0) is 25.2 Å². The average molecular weight is 155 g/mol. The fourth-order valence-corrected chi connectivity index (χ4v) is 1.95. The van der Waals surface area contributed by atoms with E-state index in [4.69, 9.17) is 5.73 Å². The van der Waals surface area contributed by atoms with Crippen molar-refractivity contribution in [1.82, 2.24) is 0 Å². The van der Waals surface area contributed by atoms with Gasteiger partial charge in [0, 0.05) is 5.54 Å². The Kier molecular flexibility index (Phi) is 2.94. The van der Waals surface area contributed by atoms with E-state index >= 15 is 0 Å². The Balaban J connectivity index is 2.14. The normalized spacial score (nSPS) is 35.7. The van der Waals surface area contributed by atoms with Crippen LogP contribution in [0.15, 0.2) is 0 Å². The topological polar surface area (TPSA) is 26.0 Å². The lowest BCUT2D eigenvalue weighted by atomic mass is 10.0. The highest BCUT2D eigenvalue weighted by molar-refractivity contribution is 5.06. The molecule has 1 fully saturated rings. The van der Waals surface area contributed by atoms with Gasteiger partial charge in [-0.1, -0.05) is 33.1 Å². The van der Waals surface area contributed by atoms with E-state index in [1.807, 2.05) is 0 Å².